The van der Waals surface area contributed by atoms with Gasteiger partial charge in [0.15, 0.2) is 22.9 Å². The molecule has 0 aliphatic rings. The first-order valence-electron chi connectivity index (χ1n) is 8.06. The molecule has 0 fully saturated rings. The van der Waals surface area contributed by atoms with E-state index in [1.165, 1.54) is 6.92 Å². The van der Waals surface area contributed by atoms with Crippen LogP contribution >= 0.6 is 0 Å². The third-order valence-corrected chi connectivity index (χ3v) is 4.24. The summed E-state index contributed by atoms with van der Waals surface area (Å²) in [6.45, 7) is 7.17. The standard InChI is InChI=1S/C20H19N3O2/c1-4-22-13-23(19-8-6-5-7-18(19)22)14(2)20(25)21-17-11-9-16(10-12-17)15(3)24/h4-14H,1H2,2-3H3/p+1/t14-/m0/s1. The van der Waals surface area contributed by atoms with E-state index in [4.69, 9.17) is 0 Å². The maximum absolute atomic E-state index is 12.6. The third-order valence-electron chi connectivity index (χ3n) is 4.24. The number of carbonyl (C=O) groups is 2. The van der Waals surface area contributed by atoms with E-state index in [-0.39, 0.29) is 11.7 Å². The number of nitrogens with zero attached hydrogens (tertiary/aromatic N) is 2. The van der Waals surface area contributed by atoms with Crippen molar-refractivity contribution in [3.05, 3.63) is 67.0 Å². The molecule has 0 aliphatic heterocycles. The fourth-order valence-corrected chi connectivity index (χ4v) is 2.77. The molecule has 0 unspecified atom stereocenters. The molecule has 3 aromatic rings. The van der Waals surface area contributed by atoms with Crippen LogP contribution in [-0.4, -0.2) is 16.3 Å². The first-order chi connectivity index (χ1) is 12.0. The summed E-state index contributed by atoms with van der Waals surface area (Å²) in [6, 6.07) is 14.3. The minimum atomic E-state index is -0.404. The Kier molecular flexibility index (Phi) is 4.48. The largest absolute Gasteiger partial charge is 0.322 e. The molecule has 0 aliphatic carbocycles. The zero-order valence-corrected chi connectivity index (χ0v) is 14.3. The number of hydrogen-bond acceptors (Lipinski definition) is 2. The first-order valence-corrected chi connectivity index (χ1v) is 8.06. The van der Waals surface area contributed by atoms with Crippen molar-refractivity contribution >= 4 is 34.6 Å². The van der Waals surface area contributed by atoms with Crippen molar-refractivity contribution < 1.29 is 14.2 Å². The van der Waals surface area contributed by atoms with E-state index >= 15 is 0 Å². The quantitative estimate of drug-likeness (QED) is 0.574. The summed E-state index contributed by atoms with van der Waals surface area (Å²) in [5.41, 5.74) is 3.23. The molecule has 3 rings (SSSR count). The van der Waals surface area contributed by atoms with Crippen molar-refractivity contribution in [1.29, 1.82) is 0 Å². The summed E-state index contributed by atoms with van der Waals surface area (Å²) >= 11 is 0. The van der Waals surface area contributed by atoms with Crippen LogP contribution in [0.15, 0.2) is 61.4 Å². The number of amides is 1. The van der Waals surface area contributed by atoms with Crippen LogP contribution < -0.4 is 9.88 Å². The fourth-order valence-electron chi connectivity index (χ4n) is 2.77. The average molecular weight is 334 g/mol. The number of Topliss-reactive ketones (excluding diaryl/α,β-unsaturated/α-hetero) is 1. The van der Waals surface area contributed by atoms with Crippen LogP contribution in [0.3, 0.4) is 0 Å². The molecule has 0 saturated heterocycles. The van der Waals surface area contributed by atoms with Gasteiger partial charge in [-0.05, 0) is 50.2 Å². The molecule has 126 valence electrons. The molecule has 1 atom stereocenters. The maximum Gasteiger partial charge on any atom is 0.269 e. The second kappa shape index (κ2) is 6.73. The number of ketones is 1. The lowest BCUT2D eigenvalue weighted by Gasteiger charge is -2.10. The zero-order chi connectivity index (χ0) is 18.0. The number of nitrogens with one attached hydrogen (secondary N) is 1. The molecule has 1 N–H and O–H groups in total. The summed E-state index contributed by atoms with van der Waals surface area (Å²) in [5.74, 6) is -0.133. The molecule has 0 spiro atoms. The van der Waals surface area contributed by atoms with Gasteiger partial charge in [0.1, 0.15) is 0 Å². The normalized spacial score (nSPS) is 11.9. The Morgan fingerprint density at radius 3 is 2.48 bits per heavy atom. The number of para-hydroxylation sites is 2. The number of aromatic nitrogens is 2. The number of carbonyl (C=O) groups excluding carboxylic acids is 2. The highest BCUT2D eigenvalue weighted by molar-refractivity contribution is 5.96. The monoisotopic (exact) mass is 334 g/mol. The highest BCUT2D eigenvalue weighted by Crippen LogP contribution is 2.15. The topological polar surface area (TPSA) is 55.0 Å². The van der Waals surface area contributed by atoms with Crippen LogP contribution in [0.2, 0.25) is 0 Å². The number of fused-ring (bicyclic) bond motifs is 1. The summed E-state index contributed by atoms with van der Waals surface area (Å²) < 4.78 is 3.80. The van der Waals surface area contributed by atoms with Gasteiger partial charge >= 0.3 is 0 Å². The van der Waals surface area contributed by atoms with Gasteiger partial charge in [0, 0.05) is 11.3 Å². The summed E-state index contributed by atoms with van der Waals surface area (Å²) in [7, 11) is 0. The van der Waals surface area contributed by atoms with E-state index in [9.17, 15) is 9.59 Å². The van der Waals surface area contributed by atoms with Gasteiger partial charge < -0.3 is 5.32 Å². The Balaban J connectivity index is 1.85. The van der Waals surface area contributed by atoms with E-state index in [1.54, 1.807) is 30.5 Å². The van der Waals surface area contributed by atoms with Gasteiger partial charge in [0.05, 0.1) is 6.20 Å². The molecule has 5 nitrogen and oxygen atoms in total. The molecule has 5 heteroatoms. The smallest absolute Gasteiger partial charge is 0.269 e. The van der Waals surface area contributed by atoms with Crippen LogP contribution in [0.4, 0.5) is 5.69 Å². The Morgan fingerprint density at radius 1 is 1.16 bits per heavy atom. The van der Waals surface area contributed by atoms with Gasteiger partial charge in [-0.25, -0.2) is 9.13 Å². The predicted molar refractivity (Wildman–Crippen MR) is 98.3 cm³/mol. The van der Waals surface area contributed by atoms with Crippen molar-refractivity contribution in [2.75, 3.05) is 5.32 Å². The molecular formula is C20H20N3O2+. The van der Waals surface area contributed by atoms with E-state index < -0.39 is 6.04 Å². The van der Waals surface area contributed by atoms with Crippen molar-refractivity contribution in [2.45, 2.75) is 19.9 Å². The average Bonchev–Trinajstić information content (AvgIpc) is 3.00. The van der Waals surface area contributed by atoms with Gasteiger partial charge in [-0.15, -0.1) is 0 Å². The molecule has 1 aromatic heterocycles. The lowest BCUT2D eigenvalue weighted by atomic mass is 10.1. The predicted octanol–water partition coefficient (Wildman–Crippen LogP) is 3.43. The Labute approximate surface area is 146 Å². The number of benzene rings is 2. The number of hydrogen-bond donors (Lipinski definition) is 1. The van der Waals surface area contributed by atoms with Crippen LogP contribution in [0.1, 0.15) is 30.2 Å². The van der Waals surface area contributed by atoms with Crippen molar-refractivity contribution in [3.8, 4) is 0 Å². The minimum Gasteiger partial charge on any atom is -0.322 e. The number of imidazole rings is 1. The summed E-state index contributed by atoms with van der Waals surface area (Å²) in [6.07, 6.45) is 3.57. The van der Waals surface area contributed by atoms with E-state index in [1.807, 2.05) is 46.7 Å². The van der Waals surface area contributed by atoms with Gasteiger partial charge in [0.25, 0.3) is 5.91 Å². The molecular weight excluding hydrogens is 314 g/mol. The maximum atomic E-state index is 12.6. The molecule has 25 heavy (non-hydrogen) atoms. The molecule has 1 heterocycles. The fraction of sp³-hybridized carbons (Fsp3) is 0.150. The van der Waals surface area contributed by atoms with Crippen LogP contribution in [0.5, 0.6) is 0 Å². The van der Waals surface area contributed by atoms with Crippen LogP contribution in [-0.2, 0) is 4.79 Å². The zero-order valence-electron chi connectivity index (χ0n) is 14.3. The van der Waals surface area contributed by atoms with Crippen molar-refractivity contribution in [1.82, 2.24) is 4.57 Å². The highest BCUT2D eigenvalue weighted by Gasteiger charge is 2.24. The Hall–Kier alpha value is -3.21. The van der Waals surface area contributed by atoms with Gasteiger partial charge in [0.2, 0.25) is 6.33 Å². The Morgan fingerprint density at radius 2 is 1.84 bits per heavy atom. The molecule has 2 aromatic carbocycles. The van der Waals surface area contributed by atoms with Crippen molar-refractivity contribution in [3.63, 3.8) is 0 Å². The van der Waals surface area contributed by atoms with E-state index in [0.29, 0.717) is 11.3 Å². The summed E-state index contributed by atoms with van der Waals surface area (Å²) in [4.78, 5) is 24.0. The lowest BCUT2D eigenvalue weighted by molar-refractivity contribution is -0.680. The van der Waals surface area contributed by atoms with Crippen LogP contribution in [0, 0.1) is 0 Å². The molecule has 0 radical (unpaired) electrons. The Bertz CT molecular complexity index is 955. The molecule has 1 amide bonds. The van der Waals surface area contributed by atoms with E-state index in [2.05, 4.69) is 11.9 Å². The highest BCUT2D eigenvalue weighted by atomic mass is 16.2. The second-order valence-corrected chi connectivity index (χ2v) is 5.90. The van der Waals surface area contributed by atoms with Crippen LogP contribution in [0.25, 0.3) is 17.2 Å². The first kappa shape index (κ1) is 16.6. The molecule has 0 saturated carbocycles. The number of rotatable bonds is 5. The minimum absolute atomic E-state index is 0.000894. The van der Waals surface area contributed by atoms with Crippen molar-refractivity contribution in [2.24, 2.45) is 0 Å². The van der Waals surface area contributed by atoms with E-state index in [0.717, 1.165) is 11.0 Å². The third kappa shape index (κ3) is 3.21. The second-order valence-electron chi connectivity index (χ2n) is 5.90. The van der Waals surface area contributed by atoms with Gasteiger partial charge in [-0.1, -0.05) is 18.7 Å². The summed E-state index contributed by atoms with van der Waals surface area (Å²) in [5, 5.41) is 2.89. The molecule has 0 bridgehead atoms. The lowest BCUT2D eigenvalue weighted by Crippen LogP contribution is -2.43. The van der Waals surface area contributed by atoms with Gasteiger partial charge in [-0.3, -0.25) is 9.59 Å². The number of anilines is 1. The van der Waals surface area contributed by atoms with Gasteiger partial charge in [-0.2, -0.15) is 0 Å². The SMILES string of the molecule is C=Cn1c[n+]([C@@H](C)C(=O)Nc2ccc(C(C)=O)cc2)c2ccccc21.